The minimum Gasteiger partial charge on any atom is -0.461 e. The molecule has 1 aromatic heterocycles. The number of nitrogens with one attached hydrogen (secondary N) is 1. The number of esters is 1. The molecule has 1 saturated heterocycles. The van der Waals surface area contributed by atoms with Crippen molar-refractivity contribution in [2.45, 2.75) is 101 Å². The van der Waals surface area contributed by atoms with Crippen molar-refractivity contribution >= 4 is 58.0 Å². The van der Waals surface area contributed by atoms with Crippen molar-refractivity contribution in [1.82, 2.24) is 5.32 Å². The molecule has 4 rings (SSSR count). The number of carbonyl (C=O) groups is 2. The van der Waals surface area contributed by atoms with Crippen LogP contribution in [0.15, 0.2) is 30.3 Å². The Bertz CT molecular complexity index is 1190. The van der Waals surface area contributed by atoms with Crippen molar-refractivity contribution in [2.75, 3.05) is 19.8 Å². The summed E-state index contributed by atoms with van der Waals surface area (Å²) in [6.07, 6.45) is 8.08. The van der Waals surface area contributed by atoms with E-state index >= 15 is 0 Å². The van der Waals surface area contributed by atoms with E-state index in [0.717, 1.165) is 68.2 Å². The fraction of sp³-hybridized carbons (Fsp3) is 0.636. The van der Waals surface area contributed by atoms with Crippen LogP contribution in [0.25, 0.3) is 0 Å². The Morgan fingerprint density at radius 3 is 2.64 bits per heavy atom. The van der Waals surface area contributed by atoms with Gasteiger partial charge in [-0.3, -0.25) is 4.79 Å². The fourth-order valence-corrected chi connectivity index (χ4v) is 8.10. The van der Waals surface area contributed by atoms with E-state index in [1.807, 2.05) is 25.1 Å². The maximum absolute atomic E-state index is 12.6. The Balaban J connectivity index is 1.15. The molecular formula is C33H44Cl3NO6S. The molecule has 0 bridgehead atoms. The van der Waals surface area contributed by atoms with Gasteiger partial charge < -0.3 is 24.6 Å². The molecule has 0 spiro atoms. The molecule has 1 saturated carbocycles. The molecule has 2 heterocycles. The van der Waals surface area contributed by atoms with Gasteiger partial charge in [-0.25, -0.2) is 4.79 Å². The number of thiophene rings is 1. The third-order valence-electron chi connectivity index (χ3n) is 8.53. The van der Waals surface area contributed by atoms with Gasteiger partial charge in [-0.15, -0.1) is 22.9 Å². The molecule has 1 amide bonds. The number of rotatable bonds is 16. The lowest BCUT2D eigenvalue weighted by atomic mass is 9.85. The molecular weight excluding hydrogens is 645 g/mol. The van der Waals surface area contributed by atoms with Gasteiger partial charge >= 0.3 is 5.97 Å². The third kappa shape index (κ3) is 11.1. The number of ether oxygens (including phenoxy) is 3. The topological polar surface area (TPSA) is 94.1 Å². The number of aliphatic hydroxyl groups excluding tert-OH is 1. The molecule has 1 aliphatic carbocycles. The first-order chi connectivity index (χ1) is 21.2. The van der Waals surface area contributed by atoms with E-state index in [-0.39, 0.29) is 48.5 Å². The normalized spacial score (nSPS) is 24.2. The molecule has 6 atom stereocenters. The second kappa shape index (κ2) is 18.1. The summed E-state index contributed by atoms with van der Waals surface area (Å²) in [5.74, 6) is -0.252. The predicted molar refractivity (Wildman–Crippen MR) is 176 cm³/mol. The van der Waals surface area contributed by atoms with E-state index in [9.17, 15) is 14.7 Å². The van der Waals surface area contributed by atoms with Gasteiger partial charge in [-0.2, -0.15) is 0 Å². The monoisotopic (exact) mass is 687 g/mol. The highest BCUT2D eigenvalue weighted by atomic mass is 35.5. The zero-order valence-electron chi connectivity index (χ0n) is 25.3. The van der Waals surface area contributed by atoms with Crippen molar-refractivity contribution < 1.29 is 28.9 Å². The van der Waals surface area contributed by atoms with Crippen LogP contribution >= 0.6 is 46.1 Å². The van der Waals surface area contributed by atoms with Crippen LogP contribution in [-0.4, -0.2) is 60.6 Å². The van der Waals surface area contributed by atoms with Gasteiger partial charge in [0.2, 0.25) is 5.91 Å². The van der Waals surface area contributed by atoms with E-state index in [4.69, 9.17) is 49.0 Å². The average Bonchev–Trinajstić information content (AvgIpc) is 3.57. The first-order valence-electron chi connectivity index (χ1n) is 15.8. The molecule has 11 heteroatoms. The first kappa shape index (κ1) is 35.5. The molecule has 2 unspecified atom stereocenters. The van der Waals surface area contributed by atoms with Crippen LogP contribution in [0.1, 0.15) is 84.8 Å². The number of aryl methyl sites for hydroxylation is 2. The van der Waals surface area contributed by atoms with E-state index < -0.39 is 12.1 Å². The van der Waals surface area contributed by atoms with Crippen LogP contribution in [0, 0.1) is 11.8 Å². The standard InChI is InChI=1S/C33H44Cl3NO6S/c1-2-24(20-43-32-8-3-4-14-41-32)37-31(39)13-15-42-33(40)30-12-10-25(44-30)6-5-7-26-27(29(38)19-28(26)36)11-9-21-16-22(34)18-23(35)17-21/h10,12,16-18,24,26-29,32,38H,2-9,11,13-15,19-20H2,1H3,(H,37,39)/t24?,26-,27-,28-,29-,32?/m1/s1. The maximum Gasteiger partial charge on any atom is 0.348 e. The number of hydrogen-bond donors (Lipinski definition) is 2. The Kier molecular flexibility index (Phi) is 14.6. The van der Waals surface area contributed by atoms with Gasteiger partial charge in [-0.1, -0.05) is 30.1 Å². The zero-order chi connectivity index (χ0) is 31.5. The molecule has 2 aliphatic rings. The lowest BCUT2D eigenvalue weighted by molar-refractivity contribution is -0.166. The number of hydrogen-bond acceptors (Lipinski definition) is 7. The summed E-state index contributed by atoms with van der Waals surface area (Å²) in [6, 6.07) is 9.19. The van der Waals surface area contributed by atoms with Crippen LogP contribution in [0.3, 0.4) is 0 Å². The maximum atomic E-state index is 12.6. The second-order valence-electron chi connectivity index (χ2n) is 11.8. The minimum atomic E-state index is -0.417. The van der Waals surface area contributed by atoms with Gasteiger partial charge in [0.1, 0.15) is 11.5 Å². The first-order valence-corrected chi connectivity index (χ1v) is 17.8. The SMILES string of the molecule is CCC(COC1CCCCO1)NC(=O)CCOC(=O)c1ccc(CCC[C@@H]2[C@@H](CCc3cc(Cl)cc(Cl)c3)[C@H](O)C[C@H]2Cl)s1. The van der Waals surface area contributed by atoms with Crippen LogP contribution in [0.4, 0.5) is 0 Å². The van der Waals surface area contributed by atoms with Crippen molar-refractivity contribution in [2.24, 2.45) is 11.8 Å². The Morgan fingerprint density at radius 2 is 1.91 bits per heavy atom. The van der Waals surface area contributed by atoms with Crippen LogP contribution in [-0.2, 0) is 31.8 Å². The van der Waals surface area contributed by atoms with Crippen LogP contribution in [0.5, 0.6) is 0 Å². The lowest BCUT2D eigenvalue weighted by Gasteiger charge is -2.25. The van der Waals surface area contributed by atoms with E-state index in [2.05, 4.69) is 5.32 Å². The van der Waals surface area contributed by atoms with Crippen LogP contribution < -0.4 is 5.32 Å². The summed E-state index contributed by atoms with van der Waals surface area (Å²) in [6.45, 7) is 3.13. The van der Waals surface area contributed by atoms with Gasteiger partial charge in [0.15, 0.2) is 6.29 Å². The Labute approximate surface area is 279 Å². The minimum absolute atomic E-state index is 0.0187. The number of halogens is 3. The Hall–Kier alpha value is -1.39. The molecule has 1 aromatic carbocycles. The lowest BCUT2D eigenvalue weighted by Crippen LogP contribution is -2.39. The molecule has 2 N–H and O–H groups in total. The van der Waals surface area contributed by atoms with Crippen molar-refractivity contribution in [3.63, 3.8) is 0 Å². The third-order valence-corrected chi connectivity index (χ3v) is 10.6. The predicted octanol–water partition coefficient (Wildman–Crippen LogP) is 7.60. The summed E-state index contributed by atoms with van der Waals surface area (Å²) >= 11 is 20.4. The van der Waals surface area contributed by atoms with E-state index in [0.29, 0.717) is 34.6 Å². The summed E-state index contributed by atoms with van der Waals surface area (Å²) in [7, 11) is 0. The largest absolute Gasteiger partial charge is 0.461 e. The quantitative estimate of drug-likeness (QED) is 0.139. The molecule has 244 valence electrons. The van der Waals surface area contributed by atoms with E-state index in [1.165, 1.54) is 11.3 Å². The highest BCUT2D eigenvalue weighted by Gasteiger charge is 2.40. The van der Waals surface area contributed by atoms with Crippen molar-refractivity contribution in [3.8, 4) is 0 Å². The van der Waals surface area contributed by atoms with Gasteiger partial charge in [0.25, 0.3) is 0 Å². The smallest absolute Gasteiger partial charge is 0.348 e. The molecule has 7 nitrogen and oxygen atoms in total. The second-order valence-corrected chi connectivity index (χ2v) is 14.4. The van der Waals surface area contributed by atoms with Gasteiger partial charge in [0.05, 0.1) is 25.2 Å². The molecule has 2 aromatic rings. The van der Waals surface area contributed by atoms with E-state index in [1.54, 1.807) is 12.1 Å². The summed E-state index contributed by atoms with van der Waals surface area (Å²) in [5, 5.41) is 14.8. The zero-order valence-corrected chi connectivity index (χ0v) is 28.4. The van der Waals surface area contributed by atoms with Crippen LogP contribution in [0.2, 0.25) is 10.0 Å². The highest BCUT2D eigenvalue weighted by Crippen LogP contribution is 2.42. The molecule has 2 fully saturated rings. The summed E-state index contributed by atoms with van der Waals surface area (Å²) in [4.78, 5) is 26.6. The van der Waals surface area contributed by atoms with Crippen molar-refractivity contribution in [1.29, 1.82) is 0 Å². The molecule has 44 heavy (non-hydrogen) atoms. The van der Waals surface area contributed by atoms with Gasteiger partial charge in [0, 0.05) is 26.9 Å². The summed E-state index contributed by atoms with van der Waals surface area (Å²) < 4.78 is 16.8. The summed E-state index contributed by atoms with van der Waals surface area (Å²) in [5.41, 5.74) is 1.06. The average molecular weight is 689 g/mol. The molecule has 0 radical (unpaired) electrons. The number of alkyl halides is 1. The number of amides is 1. The highest BCUT2D eigenvalue weighted by molar-refractivity contribution is 7.13. The number of benzene rings is 1. The Morgan fingerprint density at radius 1 is 1.11 bits per heavy atom. The van der Waals surface area contributed by atoms with Gasteiger partial charge in [-0.05, 0) is 112 Å². The molecule has 1 aliphatic heterocycles. The number of aliphatic hydroxyl groups is 1. The number of carbonyl (C=O) groups excluding carboxylic acids is 2. The fourth-order valence-electron chi connectivity index (χ4n) is 6.09. The van der Waals surface area contributed by atoms with Crippen molar-refractivity contribution in [3.05, 3.63) is 55.7 Å².